The number of benzene rings is 4. The van der Waals surface area contributed by atoms with Gasteiger partial charge in [0.25, 0.3) is 0 Å². The minimum Gasteiger partial charge on any atom is -0.436 e. The van der Waals surface area contributed by atoms with Crippen molar-refractivity contribution in [1.82, 2.24) is 28.7 Å². The first-order valence-electron chi connectivity index (χ1n) is 15.2. The van der Waals surface area contributed by atoms with Gasteiger partial charge in [-0.1, -0.05) is 36.4 Å². The van der Waals surface area contributed by atoms with Crippen LogP contribution in [0, 0.1) is 0 Å². The van der Waals surface area contributed by atoms with Crippen LogP contribution >= 0.6 is 0 Å². The summed E-state index contributed by atoms with van der Waals surface area (Å²) in [6, 6.07) is 37.8. The summed E-state index contributed by atoms with van der Waals surface area (Å²) >= 11 is 0. The van der Waals surface area contributed by atoms with E-state index in [2.05, 4.69) is 98.7 Å². The van der Waals surface area contributed by atoms with Crippen molar-refractivity contribution in [2.24, 2.45) is 14.1 Å². The SMILES string of the molecule is Cn1cccc1-c1ccc2c(c1)c1ccc(-c3nc4ccccc4o3)cc1n2-c1cc(-c2ccccn2)ccc1-c1nccn1C. The molecule has 0 bridgehead atoms. The predicted molar refractivity (Wildman–Crippen MR) is 184 cm³/mol. The Morgan fingerprint density at radius 1 is 0.609 bits per heavy atom. The minimum absolute atomic E-state index is 0.593. The summed E-state index contributed by atoms with van der Waals surface area (Å²) in [7, 11) is 4.11. The molecule has 0 fully saturated rings. The van der Waals surface area contributed by atoms with E-state index in [4.69, 9.17) is 14.4 Å². The molecule has 0 amide bonds. The van der Waals surface area contributed by atoms with Crippen molar-refractivity contribution in [3.63, 3.8) is 0 Å². The second kappa shape index (κ2) is 10.2. The van der Waals surface area contributed by atoms with Gasteiger partial charge in [0.15, 0.2) is 5.58 Å². The highest BCUT2D eigenvalue weighted by Crippen LogP contribution is 2.40. The smallest absolute Gasteiger partial charge is 0.227 e. The number of hydrogen-bond donors (Lipinski definition) is 0. The first-order chi connectivity index (χ1) is 22.6. The van der Waals surface area contributed by atoms with Gasteiger partial charge in [-0.2, -0.15) is 0 Å². The molecule has 0 radical (unpaired) electrons. The van der Waals surface area contributed by atoms with Crippen molar-refractivity contribution in [2.75, 3.05) is 0 Å². The molecule has 0 atom stereocenters. The molecule has 7 heteroatoms. The number of nitrogens with zero attached hydrogens (tertiary/aromatic N) is 6. The molecule has 0 aliphatic heterocycles. The lowest BCUT2D eigenvalue weighted by atomic mass is 10.0. The topological polar surface area (TPSA) is 66.6 Å². The van der Waals surface area contributed by atoms with Crippen LogP contribution in [0.1, 0.15) is 0 Å². The van der Waals surface area contributed by atoms with E-state index in [0.717, 1.165) is 78.1 Å². The van der Waals surface area contributed by atoms with Gasteiger partial charge < -0.3 is 18.1 Å². The third-order valence-corrected chi connectivity index (χ3v) is 8.81. The third kappa shape index (κ3) is 4.09. The third-order valence-electron chi connectivity index (χ3n) is 8.81. The number of imidazole rings is 1. The summed E-state index contributed by atoms with van der Waals surface area (Å²) in [4.78, 5) is 14.3. The van der Waals surface area contributed by atoms with Gasteiger partial charge >= 0.3 is 0 Å². The normalized spacial score (nSPS) is 11.7. The van der Waals surface area contributed by atoms with Crippen LogP contribution in [0.3, 0.4) is 0 Å². The van der Waals surface area contributed by atoms with Gasteiger partial charge in [-0.25, -0.2) is 9.97 Å². The van der Waals surface area contributed by atoms with Gasteiger partial charge in [0, 0.05) is 72.0 Å². The molecule has 9 aromatic rings. The van der Waals surface area contributed by atoms with Gasteiger partial charge in [0.05, 0.1) is 22.4 Å². The lowest BCUT2D eigenvalue weighted by Gasteiger charge is -2.16. The van der Waals surface area contributed by atoms with Crippen molar-refractivity contribution in [3.05, 3.63) is 134 Å². The van der Waals surface area contributed by atoms with Crippen LogP contribution in [0.15, 0.2) is 138 Å². The van der Waals surface area contributed by atoms with Crippen LogP contribution < -0.4 is 0 Å². The van der Waals surface area contributed by atoms with Crippen molar-refractivity contribution in [3.8, 4) is 51.0 Å². The Kier molecular flexibility index (Phi) is 5.80. The van der Waals surface area contributed by atoms with E-state index in [9.17, 15) is 0 Å². The number of aryl methyl sites for hydroxylation is 2. The zero-order chi connectivity index (χ0) is 30.8. The fourth-order valence-electron chi connectivity index (χ4n) is 6.55. The van der Waals surface area contributed by atoms with E-state index in [1.54, 1.807) is 0 Å². The van der Waals surface area contributed by atoms with Crippen LogP contribution in [-0.4, -0.2) is 28.7 Å². The van der Waals surface area contributed by atoms with E-state index < -0.39 is 0 Å². The lowest BCUT2D eigenvalue weighted by Crippen LogP contribution is -2.01. The standard InChI is InChI=1S/C39H28N6O/c1-43-20-7-10-33(43)26-14-17-34-30(22-26)28-15-13-27(39-42-32-9-3-4-11-37(32)46-39)24-35(28)45(34)36-23-25(31-8-5-6-18-40-31)12-16-29(36)38-41-19-21-44(38)2/h3-24H,1-2H3. The fourth-order valence-corrected chi connectivity index (χ4v) is 6.55. The average molecular weight is 597 g/mol. The first-order valence-corrected chi connectivity index (χ1v) is 15.2. The molecule has 5 aromatic heterocycles. The second-order valence-corrected chi connectivity index (χ2v) is 11.6. The quantitative estimate of drug-likeness (QED) is 0.199. The van der Waals surface area contributed by atoms with Gasteiger partial charge in [0.2, 0.25) is 5.89 Å². The molecular weight excluding hydrogens is 568 g/mol. The summed E-state index contributed by atoms with van der Waals surface area (Å²) in [5.41, 5.74) is 11.0. The molecular formula is C39H28N6O. The van der Waals surface area contributed by atoms with E-state index in [-0.39, 0.29) is 0 Å². The Morgan fingerprint density at radius 2 is 1.48 bits per heavy atom. The monoisotopic (exact) mass is 596 g/mol. The van der Waals surface area contributed by atoms with Gasteiger partial charge in [-0.3, -0.25) is 4.98 Å². The molecule has 9 rings (SSSR count). The van der Waals surface area contributed by atoms with E-state index in [1.807, 2.05) is 68.1 Å². The van der Waals surface area contributed by atoms with Crippen LogP contribution in [0.25, 0.3) is 83.9 Å². The highest BCUT2D eigenvalue weighted by Gasteiger charge is 2.21. The number of rotatable bonds is 5. The Labute approximate surface area is 264 Å². The molecule has 0 spiro atoms. The van der Waals surface area contributed by atoms with Crippen molar-refractivity contribution < 1.29 is 4.42 Å². The molecule has 0 aliphatic rings. The lowest BCUT2D eigenvalue weighted by molar-refractivity contribution is 0.620. The van der Waals surface area contributed by atoms with E-state index in [0.29, 0.717) is 5.89 Å². The Hall–Kier alpha value is -6.21. The summed E-state index contributed by atoms with van der Waals surface area (Å²) in [5, 5.41) is 2.30. The highest BCUT2D eigenvalue weighted by molar-refractivity contribution is 6.11. The summed E-state index contributed by atoms with van der Waals surface area (Å²) in [6.45, 7) is 0. The van der Waals surface area contributed by atoms with E-state index in [1.165, 1.54) is 0 Å². The summed E-state index contributed by atoms with van der Waals surface area (Å²) in [5.74, 6) is 1.48. The minimum atomic E-state index is 0.593. The van der Waals surface area contributed by atoms with Gasteiger partial charge in [0.1, 0.15) is 11.3 Å². The average Bonchev–Trinajstić information content (AvgIpc) is 3.89. The van der Waals surface area contributed by atoms with E-state index >= 15 is 0 Å². The maximum absolute atomic E-state index is 6.23. The number of hydrogen-bond acceptors (Lipinski definition) is 4. The number of pyridine rings is 1. The number of aromatic nitrogens is 6. The van der Waals surface area contributed by atoms with Crippen molar-refractivity contribution in [2.45, 2.75) is 0 Å². The van der Waals surface area contributed by atoms with Crippen LogP contribution in [0.4, 0.5) is 0 Å². The molecule has 0 N–H and O–H groups in total. The fraction of sp³-hybridized carbons (Fsp3) is 0.0513. The first kappa shape index (κ1) is 26.2. The molecule has 4 aromatic carbocycles. The maximum atomic E-state index is 6.23. The molecule has 7 nitrogen and oxygen atoms in total. The Morgan fingerprint density at radius 3 is 2.28 bits per heavy atom. The largest absolute Gasteiger partial charge is 0.436 e. The maximum Gasteiger partial charge on any atom is 0.227 e. The molecule has 5 heterocycles. The number of fused-ring (bicyclic) bond motifs is 4. The predicted octanol–water partition coefficient (Wildman–Crippen LogP) is 9.06. The molecule has 220 valence electrons. The Balaban J connectivity index is 1.37. The molecule has 0 saturated heterocycles. The van der Waals surface area contributed by atoms with Crippen molar-refractivity contribution in [1.29, 1.82) is 0 Å². The molecule has 0 unspecified atom stereocenters. The van der Waals surface area contributed by atoms with Gasteiger partial charge in [-0.05, 0) is 78.4 Å². The number of oxazole rings is 1. The van der Waals surface area contributed by atoms with Crippen molar-refractivity contribution >= 4 is 32.9 Å². The molecule has 0 saturated carbocycles. The number of para-hydroxylation sites is 2. The molecule has 0 aliphatic carbocycles. The zero-order valence-corrected chi connectivity index (χ0v) is 25.3. The zero-order valence-electron chi connectivity index (χ0n) is 25.3. The highest BCUT2D eigenvalue weighted by atomic mass is 16.3. The summed E-state index contributed by atoms with van der Waals surface area (Å²) in [6.07, 6.45) is 7.74. The van der Waals surface area contributed by atoms with Crippen LogP contribution in [-0.2, 0) is 14.1 Å². The molecule has 46 heavy (non-hydrogen) atoms. The van der Waals surface area contributed by atoms with Crippen LogP contribution in [0.5, 0.6) is 0 Å². The van der Waals surface area contributed by atoms with Gasteiger partial charge in [-0.15, -0.1) is 0 Å². The van der Waals surface area contributed by atoms with Crippen LogP contribution in [0.2, 0.25) is 0 Å². The summed E-state index contributed by atoms with van der Waals surface area (Å²) < 4.78 is 12.8. The Bertz CT molecular complexity index is 2530. The second-order valence-electron chi connectivity index (χ2n) is 11.6.